The van der Waals surface area contributed by atoms with Crippen molar-refractivity contribution in [1.29, 1.82) is 0 Å². The van der Waals surface area contributed by atoms with E-state index in [0.29, 0.717) is 0 Å². The highest BCUT2D eigenvalue weighted by Gasteiger charge is 2.14. The summed E-state index contributed by atoms with van der Waals surface area (Å²) in [6, 6.07) is 8.29. The zero-order chi connectivity index (χ0) is 15.2. The molecule has 0 fully saturated rings. The van der Waals surface area contributed by atoms with Crippen molar-refractivity contribution < 1.29 is 4.79 Å². The molecule has 1 unspecified atom stereocenters. The van der Waals surface area contributed by atoms with Gasteiger partial charge in [0, 0.05) is 21.9 Å². The summed E-state index contributed by atoms with van der Waals surface area (Å²) < 4.78 is 0.257. The summed E-state index contributed by atoms with van der Waals surface area (Å²) in [5, 5.41) is 2.95. The van der Waals surface area contributed by atoms with Crippen LogP contribution in [0.2, 0.25) is 0 Å². The van der Waals surface area contributed by atoms with Crippen LogP contribution in [0.5, 0.6) is 0 Å². The number of rotatable bonds is 6. The van der Waals surface area contributed by atoms with Crippen LogP contribution >= 0.6 is 23.5 Å². The quantitative estimate of drug-likeness (QED) is 0.633. The molecule has 1 aromatic carbocycles. The van der Waals surface area contributed by atoms with Crippen LogP contribution in [0.1, 0.15) is 33.3 Å². The normalized spacial score (nSPS) is 13.1. The zero-order valence-electron chi connectivity index (χ0n) is 13.0. The molecule has 0 heterocycles. The number of hydrogen-bond acceptors (Lipinski definition) is 3. The van der Waals surface area contributed by atoms with E-state index in [1.807, 2.05) is 18.7 Å². The smallest absolute Gasteiger partial charge is 0.233 e. The van der Waals surface area contributed by atoms with Crippen LogP contribution in [-0.4, -0.2) is 28.2 Å². The molecule has 20 heavy (non-hydrogen) atoms. The summed E-state index contributed by atoms with van der Waals surface area (Å²) in [5.74, 6) is 1.07. The Morgan fingerprint density at radius 2 is 1.85 bits per heavy atom. The first kappa shape index (κ1) is 17.4. The third-order valence-corrected chi connectivity index (χ3v) is 5.03. The largest absolute Gasteiger partial charge is 0.354 e. The minimum atomic E-state index is -0.0580. The first-order chi connectivity index (χ1) is 9.28. The molecule has 0 saturated carbocycles. The molecular weight excluding hydrogens is 286 g/mol. The molecule has 0 saturated heterocycles. The fourth-order valence-corrected chi connectivity index (χ4v) is 3.26. The molecular formula is C16H25NOS2. The number of amides is 1. The van der Waals surface area contributed by atoms with E-state index in [9.17, 15) is 4.79 Å². The lowest BCUT2D eigenvalue weighted by Crippen LogP contribution is -2.33. The van der Waals surface area contributed by atoms with Crippen LogP contribution < -0.4 is 5.32 Å². The Morgan fingerprint density at radius 1 is 1.25 bits per heavy atom. The second-order valence-electron chi connectivity index (χ2n) is 5.82. The lowest BCUT2D eigenvalue weighted by Gasteiger charge is -2.18. The van der Waals surface area contributed by atoms with Gasteiger partial charge >= 0.3 is 0 Å². The number of hydrogen-bond donors (Lipinski definition) is 1. The van der Waals surface area contributed by atoms with Gasteiger partial charge in [0.1, 0.15) is 0 Å². The Hall–Kier alpha value is -0.610. The molecule has 1 aromatic rings. The Labute approximate surface area is 131 Å². The van der Waals surface area contributed by atoms with Gasteiger partial charge in [-0.05, 0) is 26.0 Å². The van der Waals surface area contributed by atoms with E-state index >= 15 is 0 Å². The van der Waals surface area contributed by atoms with Gasteiger partial charge in [-0.15, -0.1) is 11.8 Å². The van der Waals surface area contributed by atoms with Crippen molar-refractivity contribution >= 4 is 29.4 Å². The molecule has 112 valence electrons. The van der Waals surface area contributed by atoms with Gasteiger partial charge in [-0.1, -0.05) is 38.5 Å². The summed E-state index contributed by atoms with van der Waals surface area (Å²) in [4.78, 5) is 13.1. The molecule has 1 N–H and O–H groups in total. The van der Waals surface area contributed by atoms with Gasteiger partial charge in [-0.3, -0.25) is 4.79 Å². The predicted octanol–water partition coefficient (Wildman–Crippen LogP) is 4.12. The van der Waals surface area contributed by atoms with E-state index in [1.54, 1.807) is 11.8 Å². The monoisotopic (exact) mass is 311 g/mol. The highest BCUT2D eigenvalue weighted by molar-refractivity contribution is 8.00. The number of nitrogens with one attached hydrogen (secondary N) is 1. The Morgan fingerprint density at radius 3 is 2.40 bits per heavy atom. The second kappa shape index (κ2) is 7.99. The Bertz CT molecular complexity index is 423. The van der Waals surface area contributed by atoms with Crippen LogP contribution in [0.25, 0.3) is 0 Å². The number of carbonyl (C=O) groups is 1. The van der Waals surface area contributed by atoms with Crippen LogP contribution in [0.3, 0.4) is 0 Å². The number of thioether (sulfide) groups is 2. The van der Waals surface area contributed by atoms with Crippen molar-refractivity contribution in [3.63, 3.8) is 0 Å². The molecule has 1 rings (SSSR count). The lowest BCUT2D eigenvalue weighted by molar-refractivity contribution is -0.120. The van der Waals surface area contributed by atoms with Crippen molar-refractivity contribution in [1.82, 2.24) is 5.32 Å². The summed E-state index contributed by atoms with van der Waals surface area (Å²) >= 11 is 3.48. The van der Waals surface area contributed by atoms with Crippen LogP contribution in [0.15, 0.2) is 29.2 Å². The van der Waals surface area contributed by atoms with Gasteiger partial charge in [0.2, 0.25) is 5.91 Å². The molecule has 0 aromatic heterocycles. The summed E-state index contributed by atoms with van der Waals surface area (Å²) in [6.45, 7) is 11.3. The molecule has 0 spiro atoms. The summed E-state index contributed by atoms with van der Waals surface area (Å²) in [6.07, 6.45) is 0. The van der Waals surface area contributed by atoms with E-state index in [-0.39, 0.29) is 15.9 Å². The van der Waals surface area contributed by atoms with Crippen molar-refractivity contribution in [2.75, 3.05) is 12.3 Å². The predicted molar refractivity (Wildman–Crippen MR) is 91.7 cm³/mol. The fourth-order valence-electron chi connectivity index (χ4n) is 1.55. The maximum Gasteiger partial charge on any atom is 0.233 e. The summed E-state index contributed by atoms with van der Waals surface area (Å²) in [7, 11) is 0. The van der Waals surface area contributed by atoms with E-state index < -0.39 is 0 Å². The SMILES string of the molecule is Cc1ccc(SC(C)C(=O)NCCSC(C)(C)C)cc1. The molecule has 1 atom stereocenters. The molecule has 0 aliphatic heterocycles. The van der Waals surface area contributed by atoms with Crippen molar-refractivity contribution in [2.45, 2.75) is 49.5 Å². The van der Waals surface area contributed by atoms with Crippen molar-refractivity contribution in [2.24, 2.45) is 0 Å². The highest BCUT2D eigenvalue weighted by atomic mass is 32.2. The fraction of sp³-hybridized carbons (Fsp3) is 0.562. The van der Waals surface area contributed by atoms with Gasteiger partial charge < -0.3 is 5.32 Å². The average Bonchev–Trinajstić information content (AvgIpc) is 2.36. The first-order valence-corrected chi connectivity index (χ1v) is 8.79. The van der Waals surface area contributed by atoms with Crippen LogP contribution in [0, 0.1) is 6.92 Å². The minimum Gasteiger partial charge on any atom is -0.354 e. The topological polar surface area (TPSA) is 29.1 Å². The molecule has 0 radical (unpaired) electrons. The van der Waals surface area contributed by atoms with E-state index in [2.05, 4.69) is 57.3 Å². The number of aryl methyl sites for hydroxylation is 1. The second-order valence-corrected chi connectivity index (χ2v) is 9.16. The van der Waals surface area contributed by atoms with Crippen LogP contribution in [0.4, 0.5) is 0 Å². The van der Waals surface area contributed by atoms with Crippen molar-refractivity contribution in [3.05, 3.63) is 29.8 Å². The molecule has 0 bridgehead atoms. The third kappa shape index (κ3) is 7.25. The van der Waals surface area contributed by atoms with Gasteiger partial charge in [0.15, 0.2) is 0 Å². The van der Waals surface area contributed by atoms with E-state index in [0.717, 1.165) is 17.2 Å². The molecule has 4 heteroatoms. The minimum absolute atomic E-state index is 0.0580. The van der Waals surface area contributed by atoms with Gasteiger partial charge in [-0.25, -0.2) is 0 Å². The van der Waals surface area contributed by atoms with Gasteiger partial charge in [-0.2, -0.15) is 11.8 Å². The summed E-state index contributed by atoms with van der Waals surface area (Å²) in [5.41, 5.74) is 1.24. The molecule has 1 amide bonds. The molecule has 0 aliphatic rings. The molecule has 0 aliphatic carbocycles. The first-order valence-electron chi connectivity index (χ1n) is 6.93. The number of benzene rings is 1. The van der Waals surface area contributed by atoms with Crippen molar-refractivity contribution in [3.8, 4) is 0 Å². The van der Waals surface area contributed by atoms with Gasteiger partial charge in [0.05, 0.1) is 5.25 Å². The standard InChI is InChI=1S/C16H25NOS2/c1-12-6-8-14(9-7-12)20-13(2)15(18)17-10-11-19-16(3,4)5/h6-9,13H,10-11H2,1-5H3,(H,17,18). The Kier molecular flexibility index (Phi) is 6.96. The highest BCUT2D eigenvalue weighted by Crippen LogP contribution is 2.24. The molecule has 2 nitrogen and oxygen atoms in total. The van der Waals surface area contributed by atoms with E-state index in [4.69, 9.17) is 0 Å². The zero-order valence-corrected chi connectivity index (χ0v) is 14.7. The maximum absolute atomic E-state index is 12.0. The maximum atomic E-state index is 12.0. The van der Waals surface area contributed by atoms with Crippen LogP contribution in [-0.2, 0) is 4.79 Å². The lowest BCUT2D eigenvalue weighted by atomic mass is 10.2. The number of carbonyl (C=O) groups excluding carboxylic acids is 1. The average molecular weight is 312 g/mol. The van der Waals surface area contributed by atoms with Gasteiger partial charge in [0.25, 0.3) is 0 Å². The Balaban J connectivity index is 2.30. The third-order valence-electron chi connectivity index (χ3n) is 2.64. The van der Waals surface area contributed by atoms with E-state index in [1.165, 1.54) is 5.56 Å².